The van der Waals surface area contributed by atoms with Crippen LogP contribution in [-0.4, -0.2) is 38.4 Å². The molecule has 0 bridgehead atoms. The van der Waals surface area contributed by atoms with E-state index >= 15 is 0 Å². The van der Waals surface area contributed by atoms with E-state index in [2.05, 4.69) is 9.97 Å². The highest BCUT2D eigenvalue weighted by atomic mass is 16.5. The average molecular weight is 428 g/mol. The molecular formula is C26H24N2O4. The van der Waals surface area contributed by atoms with Crippen molar-refractivity contribution in [2.75, 3.05) is 28.4 Å². The molecule has 6 heteroatoms. The van der Waals surface area contributed by atoms with Gasteiger partial charge in [-0.3, -0.25) is 9.97 Å². The van der Waals surface area contributed by atoms with E-state index in [1.54, 1.807) is 40.8 Å². The summed E-state index contributed by atoms with van der Waals surface area (Å²) in [4.78, 5) is 9.09. The van der Waals surface area contributed by atoms with Crippen LogP contribution in [0.5, 0.6) is 23.0 Å². The van der Waals surface area contributed by atoms with Crippen molar-refractivity contribution in [3.63, 3.8) is 0 Å². The van der Waals surface area contributed by atoms with Gasteiger partial charge in [-0.2, -0.15) is 0 Å². The zero-order valence-corrected chi connectivity index (χ0v) is 18.5. The number of hydrogen-bond donors (Lipinski definition) is 0. The molecule has 0 spiro atoms. The minimum atomic E-state index is 0.678. The van der Waals surface area contributed by atoms with Crippen molar-refractivity contribution >= 4 is 0 Å². The van der Waals surface area contributed by atoms with Crippen LogP contribution in [0, 0.1) is 0 Å². The smallest absolute Gasteiger partial charge is 0.161 e. The summed E-state index contributed by atoms with van der Waals surface area (Å²) in [6, 6.07) is 19.6. The van der Waals surface area contributed by atoms with Crippen molar-refractivity contribution in [1.29, 1.82) is 0 Å². The second-order valence-corrected chi connectivity index (χ2v) is 7.00. The number of pyridine rings is 2. The highest BCUT2D eigenvalue weighted by molar-refractivity contribution is 5.74. The van der Waals surface area contributed by atoms with Crippen LogP contribution in [-0.2, 0) is 0 Å². The Bertz CT molecular complexity index is 1140. The molecule has 2 aromatic carbocycles. The predicted molar refractivity (Wildman–Crippen MR) is 125 cm³/mol. The maximum absolute atomic E-state index is 5.44. The highest BCUT2D eigenvalue weighted by Gasteiger charge is 2.11. The highest BCUT2D eigenvalue weighted by Crippen LogP contribution is 2.35. The standard InChI is InChI=1S/C26H24N2O4/c1-29-23-7-5-17(15-25(23)31-3)19-9-11-27-21(13-19)22-14-20(10-12-28-22)18-6-8-24(30-2)26(16-18)32-4/h5-16H,1-4H3. The molecule has 6 nitrogen and oxygen atoms in total. The molecule has 0 aliphatic heterocycles. The molecule has 0 radical (unpaired) electrons. The van der Waals surface area contributed by atoms with E-state index in [0.717, 1.165) is 33.6 Å². The molecule has 4 rings (SSSR count). The first-order chi connectivity index (χ1) is 15.7. The van der Waals surface area contributed by atoms with Gasteiger partial charge in [0.1, 0.15) is 0 Å². The van der Waals surface area contributed by atoms with E-state index < -0.39 is 0 Å². The molecule has 4 aromatic rings. The average Bonchev–Trinajstić information content (AvgIpc) is 2.87. The van der Waals surface area contributed by atoms with E-state index in [4.69, 9.17) is 18.9 Å². The molecule has 0 aliphatic carbocycles. The Balaban J connectivity index is 1.70. The van der Waals surface area contributed by atoms with Gasteiger partial charge in [0.05, 0.1) is 39.8 Å². The topological polar surface area (TPSA) is 62.7 Å². The normalized spacial score (nSPS) is 10.5. The van der Waals surface area contributed by atoms with Gasteiger partial charge in [0, 0.05) is 12.4 Å². The Morgan fingerprint density at radius 1 is 0.438 bits per heavy atom. The number of benzene rings is 2. The Morgan fingerprint density at radius 3 is 1.19 bits per heavy atom. The number of ether oxygens (including phenoxy) is 4. The van der Waals surface area contributed by atoms with Gasteiger partial charge in [-0.15, -0.1) is 0 Å². The maximum atomic E-state index is 5.44. The second kappa shape index (κ2) is 9.39. The van der Waals surface area contributed by atoms with Gasteiger partial charge < -0.3 is 18.9 Å². The van der Waals surface area contributed by atoms with Gasteiger partial charge >= 0.3 is 0 Å². The fraction of sp³-hybridized carbons (Fsp3) is 0.154. The summed E-state index contributed by atoms with van der Waals surface area (Å²) in [5.41, 5.74) is 5.58. The summed E-state index contributed by atoms with van der Waals surface area (Å²) in [5, 5.41) is 0. The molecule has 32 heavy (non-hydrogen) atoms. The lowest BCUT2D eigenvalue weighted by Gasteiger charge is -2.11. The zero-order chi connectivity index (χ0) is 22.5. The summed E-state index contributed by atoms with van der Waals surface area (Å²) in [5.74, 6) is 2.73. The molecule has 0 saturated carbocycles. The van der Waals surface area contributed by atoms with Crippen LogP contribution in [0.4, 0.5) is 0 Å². The lowest BCUT2D eigenvalue weighted by molar-refractivity contribution is 0.355. The van der Waals surface area contributed by atoms with Gasteiger partial charge in [-0.05, 0) is 70.8 Å². The third-order valence-electron chi connectivity index (χ3n) is 5.22. The molecule has 0 atom stereocenters. The fourth-order valence-corrected chi connectivity index (χ4v) is 3.53. The van der Waals surface area contributed by atoms with Crippen LogP contribution in [0.1, 0.15) is 0 Å². The Morgan fingerprint density at radius 2 is 0.812 bits per heavy atom. The van der Waals surface area contributed by atoms with Gasteiger partial charge in [0.25, 0.3) is 0 Å². The molecular weight excluding hydrogens is 404 g/mol. The first kappa shape index (κ1) is 21.2. The third kappa shape index (κ3) is 4.21. The first-order valence-corrected chi connectivity index (χ1v) is 10.0. The van der Waals surface area contributed by atoms with Gasteiger partial charge in [0.2, 0.25) is 0 Å². The van der Waals surface area contributed by atoms with Crippen LogP contribution in [0.2, 0.25) is 0 Å². The monoisotopic (exact) mass is 428 g/mol. The van der Waals surface area contributed by atoms with Crippen molar-refractivity contribution in [3.8, 4) is 56.6 Å². The third-order valence-corrected chi connectivity index (χ3v) is 5.22. The number of nitrogens with zero attached hydrogens (tertiary/aromatic N) is 2. The van der Waals surface area contributed by atoms with E-state index in [0.29, 0.717) is 23.0 Å². The molecule has 0 fully saturated rings. The van der Waals surface area contributed by atoms with Crippen molar-refractivity contribution in [2.24, 2.45) is 0 Å². The zero-order valence-electron chi connectivity index (χ0n) is 18.5. The molecule has 0 unspecified atom stereocenters. The van der Waals surface area contributed by atoms with Crippen molar-refractivity contribution in [3.05, 3.63) is 73.1 Å². The molecule has 0 N–H and O–H groups in total. The maximum Gasteiger partial charge on any atom is 0.161 e. The lowest BCUT2D eigenvalue weighted by atomic mass is 10.0. The summed E-state index contributed by atoms with van der Waals surface area (Å²) in [7, 11) is 6.50. The molecule has 2 heterocycles. The molecule has 0 aliphatic rings. The van der Waals surface area contributed by atoms with Gasteiger partial charge in [0.15, 0.2) is 23.0 Å². The number of rotatable bonds is 7. The van der Waals surface area contributed by atoms with Crippen LogP contribution in [0.25, 0.3) is 33.6 Å². The second-order valence-electron chi connectivity index (χ2n) is 7.00. The lowest BCUT2D eigenvalue weighted by Crippen LogP contribution is -1.93. The first-order valence-electron chi connectivity index (χ1n) is 10.0. The Kier molecular flexibility index (Phi) is 6.22. The van der Waals surface area contributed by atoms with Crippen LogP contribution in [0.15, 0.2) is 73.1 Å². The van der Waals surface area contributed by atoms with Gasteiger partial charge in [-0.25, -0.2) is 0 Å². The number of hydrogen-bond acceptors (Lipinski definition) is 6. The quantitative estimate of drug-likeness (QED) is 0.387. The summed E-state index contributed by atoms with van der Waals surface area (Å²) < 4.78 is 21.6. The molecule has 162 valence electrons. The van der Waals surface area contributed by atoms with Crippen molar-refractivity contribution < 1.29 is 18.9 Å². The SMILES string of the molecule is COc1ccc(-c2ccnc(-c3cc(-c4ccc(OC)c(OC)c4)ccn3)c2)cc1OC. The predicted octanol–water partition coefficient (Wildman–Crippen LogP) is 5.51. The summed E-state index contributed by atoms with van der Waals surface area (Å²) in [6.07, 6.45) is 3.57. The minimum absolute atomic E-state index is 0.678. The number of aromatic nitrogens is 2. The van der Waals surface area contributed by atoms with Crippen LogP contribution in [0.3, 0.4) is 0 Å². The van der Waals surface area contributed by atoms with Crippen LogP contribution < -0.4 is 18.9 Å². The van der Waals surface area contributed by atoms with Gasteiger partial charge in [-0.1, -0.05) is 12.1 Å². The molecule has 2 aromatic heterocycles. The largest absolute Gasteiger partial charge is 0.493 e. The van der Waals surface area contributed by atoms with Crippen LogP contribution >= 0.6 is 0 Å². The Labute approximate surface area is 187 Å². The number of methoxy groups -OCH3 is 4. The minimum Gasteiger partial charge on any atom is -0.493 e. The molecule has 0 amide bonds. The molecule has 0 saturated heterocycles. The Hall–Kier alpha value is -4.06. The van der Waals surface area contributed by atoms with Crippen molar-refractivity contribution in [2.45, 2.75) is 0 Å². The van der Waals surface area contributed by atoms with E-state index in [9.17, 15) is 0 Å². The summed E-state index contributed by atoms with van der Waals surface area (Å²) >= 11 is 0. The summed E-state index contributed by atoms with van der Waals surface area (Å²) in [6.45, 7) is 0. The van der Waals surface area contributed by atoms with E-state index in [-0.39, 0.29) is 0 Å². The van der Waals surface area contributed by atoms with E-state index in [1.165, 1.54) is 0 Å². The van der Waals surface area contributed by atoms with E-state index in [1.807, 2.05) is 60.7 Å². The fourth-order valence-electron chi connectivity index (χ4n) is 3.53. The van der Waals surface area contributed by atoms with Crippen molar-refractivity contribution in [1.82, 2.24) is 9.97 Å².